The first-order valence-electron chi connectivity index (χ1n) is 10.0. The van der Waals surface area contributed by atoms with E-state index >= 15 is 0 Å². The van der Waals surface area contributed by atoms with Gasteiger partial charge in [-0.05, 0) is 68.8 Å². The van der Waals surface area contributed by atoms with Gasteiger partial charge < -0.3 is 14.8 Å². The van der Waals surface area contributed by atoms with E-state index in [1.54, 1.807) is 37.3 Å². The fourth-order valence-electron chi connectivity index (χ4n) is 3.05. The molecular weight excluding hydrogens is 428 g/mol. The standard InChI is InChI=1S/C24H26N2O5S/c1-16-9-14-21(17(2)15-16)26-32(28,29)20-12-10-19(11-13-20)25-24(27)18(3)31-23-8-6-5-7-22(23)30-4/h5-15,18,26H,1-4H3,(H,25,27)/t18-/m1/s1. The molecule has 0 aliphatic rings. The van der Waals surface area contributed by atoms with Crippen LogP contribution in [0.3, 0.4) is 0 Å². The average Bonchev–Trinajstić information content (AvgIpc) is 2.76. The van der Waals surface area contributed by atoms with Crippen molar-refractivity contribution in [2.75, 3.05) is 17.1 Å². The van der Waals surface area contributed by atoms with Crippen molar-refractivity contribution in [2.24, 2.45) is 0 Å². The van der Waals surface area contributed by atoms with E-state index in [1.807, 2.05) is 26.0 Å². The first-order valence-corrected chi connectivity index (χ1v) is 11.5. The smallest absolute Gasteiger partial charge is 0.265 e. The molecule has 7 nitrogen and oxygen atoms in total. The van der Waals surface area contributed by atoms with Crippen LogP contribution in [0.15, 0.2) is 71.6 Å². The predicted octanol–water partition coefficient (Wildman–Crippen LogP) is 4.52. The van der Waals surface area contributed by atoms with Crippen molar-refractivity contribution in [1.82, 2.24) is 0 Å². The third kappa shape index (κ3) is 5.59. The zero-order valence-corrected chi connectivity index (χ0v) is 19.2. The molecule has 3 rings (SSSR count). The van der Waals surface area contributed by atoms with Crippen LogP contribution in [0, 0.1) is 13.8 Å². The fraction of sp³-hybridized carbons (Fsp3) is 0.208. The first-order chi connectivity index (χ1) is 15.2. The molecule has 0 saturated carbocycles. The highest BCUT2D eigenvalue weighted by Crippen LogP contribution is 2.27. The second-order valence-corrected chi connectivity index (χ2v) is 9.03. The maximum absolute atomic E-state index is 12.7. The maximum Gasteiger partial charge on any atom is 0.265 e. The monoisotopic (exact) mass is 454 g/mol. The molecule has 0 spiro atoms. The summed E-state index contributed by atoms with van der Waals surface area (Å²) in [6.45, 7) is 5.41. The Morgan fingerprint density at radius 1 is 0.938 bits per heavy atom. The van der Waals surface area contributed by atoms with Gasteiger partial charge in [0.25, 0.3) is 15.9 Å². The number of methoxy groups -OCH3 is 1. The summed E-state index contributed by atoms with van der Waals surface area (Å²) in [6, 6.07) is 18.5. The Bertz CT molecular complexity index is 1210. The molecule has 168 valence electrons. The lowest BCUT2D eigenvalue weighted by molar-refractivity contribution is -0.122. The molecule has 1 amide bonds. The van der Waals surface area contributed by atoms with Crippen LogP contribution in [0.5, 0.6) is 11.5 Å². The van der Waals surface area contributed by atoms with Crippen LogP contribution < -0.4 is 19.5 Å². The van der Waals surface area contributed by atoms with E-state index in [9.17, 15) is 13.2 Å². The molecule has 1 atom stereocenters. The van der Waals surface area contributed by atoms with Crippen LogP contribution in [0.4, 0.5) is 11.4 Å². The number of amides is 1. The number of rotatable bonds is 8. The molecule has 3 aromatic carbocycles. The predicted molar refractivity (Wildman–Crippen MR) is 125 cm³/mol. The van der Waals surface area contributed by atoms with Gasteiger partial charge in [-0.1, -0.05) is 29.8 Å². The van der Waals surface area contributed by atoms with Crippen LogP contribution in [0.2, 0.25) is 0 Å². The Hall–Kier alpha value is -3.52. The summed E-state index contributed by atoms with van der Waals surface area (Å²) < 4.78 is 38.9. The number of para-hydroxylation sites is 2. The molecule has 0 fully saturated rings. The molecule has 0 aliphatic heterocycles. The van der Waals surface area contributed by atoms with Crippen molar-refractivity contribution in [3.8, 4) is 11.5 Å². The fourth-order valence-corrected chi connectivity index (χ4v) is 4.18. The molecule has 0 heterocycles. The number of carbonyl (C=O) groups excluding carboxylic acids is 1. The van der Waals surface area contributed by atoms with Gasteiger partial charge in [-0.15, -0.1) is 0 Å². The molecule has 0 unspecified atom stereocenters. The van der Waals surface area contributed by atoms with Gasteiger partial charge in [-0.25, -0.2) is 8.42 Å². The molecule has 0 radical (unpaired) electrons. The number of nitrogens with one attached hydrogen (secondary N) is 2. The normalized spacial score (nSPS) is 12.0. The number of ether oxygens (including phenoxy) is 2. The minimum atomic E-state index is -3.76. The van der Waals surface area contributed by atoms with E-state index in [-0.39, 0.29) is 10.8 Å². The van der Waals surface area contributed by atoms with Crippen molar-refractivity contribution in [1.29, 1.82) is 0 Å². The van der Waals surface area contributed by atoms with Crippen LogP contribution in [-0.4, -0.2) is 27.5 Å². The summed E-state index contributed by atoms with van der Waals surface area (Å²) >= 11 is 0. The van der Waals surface area contributed by atoms with Gasteiger partial charge >= 0.3 is 0 Å². The number of aryl methyl sites for hydroxylation is 2. The number of benzene rings is 3. The highest BCUT2D eigenvalue weighted by molar-refractivity contribution is 7.92. The SMILES string of the molecule is COc1ccccc1O[C@H](C)C(=O)Nc1ccc(S(=O)(=O)Nc2ccc(C)cc2C)cc1. The Morgan fingerprint density at radius 3 is 2.22 bits per heavy atom. The molecule has 3 aromatic rings. The van der Waals surface area contributed by atoms with E-state index in [0.717, 1.165) is 11.1 Å². The van der Waals surface area contributed by atoms with Gasteiger partial charge in [0.05, 0.1) is 17.7 Å². The topological polar surface area (TPSA) is 93.7 Å². The van der Waals surface area contributed by atoms with E-state index in [4.69, 9.17) is 9.47 Å². The van der Waals surface area contributed by atoms with Crippen molar-refractivity contribution >= 4 is 27.3 Å². The van der Waals surface area contributed by atoms with E-state index in [0.29, 0.717) is 22.9 Å². The lowest BCUT2D eigenvalue weighted by atomic mass is 10.1. The summed E-state index contributed by atoms with van der Waals surface area (Å²) in [6.07, 6.45) is -0.791. The Morgan fingerprint density at radius 2 is 1.59 bits per heavy atom. The van der Waals surface area contributed by atoms with E-state index < -0.39 is 16.1 Å². The van der Waals surface area contributed by atoms with Gasteiger partial charge in [-0.2, -0.15) is 0 Å². The molecule has 32 heavy (non-hydrogen) atoms. The summed E-state index contributed by atoms with van der Waals surface area (Å²) in [4.78, 5) is 12.6. The maximum atomic E-state index is 12.7. The van der Waals surface area contributed by atoms with Gasteiger partial charge in [0.15, 0.2) is 17.6 Å². The molecule has 2 N–H and O–H groups in total. The number of carbonyl (C=O) groups is 1. The highest BCUT2D eigenvalue weighted by Gasteiger charge is 2.18. The summed E-state index contributed by atoms with van der Waals surface area (Å²) in [7, 11) is -2.23. The number of hydrogen-bond acceptors (Lipinski definition) is 5. The summed E-state index contributed by atoms with van der Waals surface area (Å²) in [5.41, 5.74) is 2.86. The van der Waals surface area contributed by atoms with E-state index in [1.165, 1.54) is 31.4 Å². The van der Waals surface area contributed by atoms with Crippen LogP contribution >= 0.6 is 0 Å². The molecular formula is C24H26N2O5S. The van der Waals surface area contributed by atoms with Crippen LogP contribution in [0.1, 0.15) is 18.1 Å². The van der Waals surface area contributed by atoms with Gasteiger partial charge in [0.1, 0.15) is 0 Å². The molecule has 0 bridgehead atoms. The summed E-state index contributed by atoms with van der Waals surface area (Å²) in [5.74, 6) is 0.606. The number of anilines is 2. The minimum Gasteiger partial charge on any atom is -0.493 e. The lowest BCUT2D eigenvalue weighted by Crippen LogP contribution is -2.30. The zero-order valence-electron chi connectivity index (χ0n) is 18.4. The lowest BCUT2D eigenvalue weighted by Gasteiger charge is -2.17. The number of hydrogen-bond donors (Lipinski definition) is 2. The average molecular weight is 455 g/mol. The quantitative estimate of drug-likeness (QED) is 0.522. The van der Waals surface area contributed by atoms with Gasteiger partial charge in [0, 0.05) is 5.69 Å². The number of sulfonamides is 1. The molecule has 0 aromatic heterocycles. The Kier molecular flexibility index (Phi) is 7.05. The molecule has 8 heteroatoms. The second-order valence-electron chi connectivity index (χ2n) is 7.35. The summed E-state index contributed by atoms with van der Waals surface area (Å²) in [5, 5.41) is 2.72. The molecule has 0 aliphatic carbocycles. The Balaban J connectivity index is 1.66. The van der Waals surface area contributed by atoms with Crippen molar-refractivity contribution < 1.29 is 22.7 Å². The van der Waals surface area contributed by atoms with Crippen LogP contribution in [0.25, 0.3) is 0 Å². The largest absolute Gasteiger partial charge is 0.493 e. The molecule has 0 saturated heterocycles. The third-order valence-corrected chi connectivity index (χ3v) is 6.18. The second kappa shape index (κ2) is 9.74. The van der Waals surface area contributed by atoms with Crippen molar-refractivity contribution in [2.45, 2.75) is 31.8 Å². The van der Waals surface area contributed by atoms with Gasteiger partial charge in [-0.3, -0.25) is 9.52 Å². The van der Waals surface area contributed by atoms with Gasteiger partial charge in [0.2, 0.25) is 0 Å². The first kappa shape index (κ1) is 23.1. The Labute approximate surface area is 188 Å². The minimum absolute atomic E-state index is 0.0915. The van der Waals surface area contributed by atoms with Crippen molar-refractivity contribution in [3.63, 3.8) is 0 Å². The van der Waals surface area contributed by atoms with Crippen molar-refractivity contribution in [3.05, 3.63) is 77.9 Å². The zero-order chi connectivity index (χ0) is 23.3. The highest BCUT2D eigenvalue weighted by atomic mass is 32.2. The van der Waals surface area contributed by atoms with Crippen LogP contribution in [-0.2, 0) is 14.8 Å². The van der Waals surface area contributed by atoms with E-state index in [2.05, 4.69) is 10.0 Å². The third-order valence-electron chi connectivity index (χ3n) is 4.80.